The van der Waals surface area contributed by atoms with Crippen LogP contribution in [0.25, 0.3) is 6.08 Å². The molecule has 0 N–H and O–H groups in total. The molecule has 0 saturated heterocycles. The van der Waals surface area contributed by atoms with Gasteiger partial charge in [0.15, 0.2) is 0 Å². The Balaban J connectivity index is 1.29. The van der Waals surface area contributed by atoms with Gasteiger partial charge in [0.05, 0.1) is 24.1 Å². The molecule has 4 rings (SSSR count). The van der Waals surface area contributed by atoms with Crippen molar-refractivity contribution in [1.82, 2.24) is 9.97 Å². The molecular weight excluding hydrogens is 491 g/mol. The minimum absolute atomic E-state index is 0.101. The second-order valence-electron chi connectivity index (χ2n) is 10.6. The summed E-state index contributed by atoms with van der Waals surface area (Å²) in [5.41, 5.74) is 7.82. The number of fused-ring (bicyclic) bond motifs is 1. The Morgan fingerprint density at radius 1 is 1.03 bits per heavy atom. The third-order valence-electron chi connectivity index (χ3n) is 7.01. The summed E-state index contributed by atoms with van der Waals surface area (Å²) in [7, 11) is -3.07. The van der Waals surface area contributed by atoms with Crippen molar-refractivity contribution in [3.8, 4) is 0 Å². The molecule has 1 aromatic heterocycles. The van der Waals surface area contributed by atoms with E-state index in [9.17, 15) is 4.57 Å². The molecule has 194 valence electrons. The van der Waals surface area contributed by atoms with Gasteiger partial charge in [-0.2, -0.15) is 0 Å². The van der Waals surface area contributed by atoms with Crippen LogP contribution in [0.3, 0.4) is 0 Å². The number of allylic oxidation sites excluding steroid dienone is 1. The lowest BCUT2D eigenvalue weighted by atomic mass is 9.79. The first kappa shape index (κ1) is 27.3. The van der Waals surface area contributed by atoms with Crippen LogP contribution in [0.4, 0.5) is 0 Å². The molecule has 1 heterocycles. The third-order valence-corrected chi connectivity index (χ3v) is 9.76. The van der Waals surface area contributed by atoms with Gasteiger partial charge in [0.1, 0.15) is 11.5 Å². The van der Waals surface area contributed by atoms with E-state index < -0.39 is 7.60 Å². The van der Waals surface area contributed by atoms with Crippen molar-refractivity contribution in [2.75, 3.05) is 6.16 Å². The summed E-state index contributed by atoms with van der Waals surface area (Å²) in [5.74, 6) is 1.15. The minimum atomic E-state index is -3.07. The summed E-state index contributed by atoms with van der Waals surface area (Å²) in [5, 5.41) is 0.493. The fourth-order valence-electron chi connectivity index (χ4n) is 5.39. The standard InChI is InChI=1S/C29H38ClN2O3P/c1-20(2)34-36(33,35-21(3)4)18-23-11-15-25(16-12-23)24-13-8-22(9-14-24)10-17-26-6-5-7-27-28(26)31-19-32-29(27)30/h6-9,13-14,19-21,23,25-26H,10-12,15-18H2,1-4H3. The van der Waals surface area contributed by atoms with Crippen molar-refractivity contribution >= 4 is 25.3 Å². The predicted molar refractivity (Wildman–Crippen MR) is 147 cm³/mol. The molecule has 0 bridgehead atoms. The summed E-state index contributed by atoms with van der Waals surface area (Å²) < 4.78 is 24.8. The Morgan fingerprint density at radius 2 is 1.69 bits per heavy atom. The van der Waals surface area contributed by atoms with Gasteiger partial charge in [0.2, 0.25) is 0 Å². The maximum Gasteiger partial charge on any atom is 0.331 e. The second kappa shape index (κ2) is 12.2. The van der Waals surface area contributed by atoms with Crippen LogP contribution in [0.2, 0.25) is 5.15 Å². The van der Waals surface area contributed by atoms with Gasteiger partial charge in [-0.3, -0.25) is 4.57 Å². The highest BCUT2D eigenvalue weighted by atomic mass is 35.5. The lowest BCUT2D eigenvalue weighted by Crippen LogP contribution is -2.20. The Labute approximate surface area is 220 Å². The van der Waals surface area contributed by atoms with Gasteiger partial charge in [-0.1, -0.05) is 35.9 Å². The molecule has 2 aliphatic carbocycles. The molecule has 0 radical (unpaired) electrons. The summed E-state index contributed by atoms with van der Waals surface area (Å²) in [6, 6.07) is 9.11. The van der Waals surface area contributed by atoms with E-state index in [1.165, 1.54) is 17.5 Å². The molecular formula is C29H38ClN2O3P. The van der Waals surface area contributed by atoms with Gasteiger partial charge >= 0.3 is 7.60 Å². The summed E-state index contributed by atoms with van der Waals surface area (Å²) >= 11 is 6.23. The molecule has 1 saturated carbocycles. The number of halogens is 1. The van der Waals surface area contributed by atoms with Gasteiger partial charge in [-0.25, -0.2) is 9.97 Å². The number of aryl methyl sites for hydroxylation is 1. The number of hydrogen-bond donors (Lipinski definition) is 0. The fraction of sp³-hybridized carbons (Fsp3) is 0.552. The van der Waals surface area contributed by atoms with Gasteiger partial charge < -0.3 is 9.05 Å². The van der Waals surface area contributed by atoms with E-state index in [-0.39, 0.29) is 18.1 Å². The van der Waals surface area contributed by atoms with E-state index in [0.717, 1.165) is 49.8 Å². The van der Waals surface area contributed by atoms with E-state index in [1.807, 2.05) is 33.8 Å². The highest BCUT2D eigenvalue weighted by molar-refractivity contribution is 7.53. The van der Waals surface area contributed by atoms with Gasteiger partial charge in [0, 0.05) is 11.5 Å². The lowest BCUT2D eigenvalue weighted by Gasteiger charge is -2.32. The lowest BCUT2D eigenvalue weighted by molar-refractivity contribution is 0.138. The molecule has 0 spiro atoms. The average Bonchev–Trinajstić information content (AvgIpc) is 2.83. The molecule has 1 atom stereocenters. The Bertz CT molecular complexity index is 1120. The Hall–Kier alpha value is -1.74. The van der Waals surface area contributed by atoms with Gasteiger partial charge in [0.25, 0.3) is 0 Å². The first-order valence-electron chi connectivity index (χ1n) is 13.2. The van der Waals surface area contributed by atoms with Crippen LogP contribution < -0.4 is 0 Å². The van der Waals surface area contributed by atoms with E-state index in [0.29, 0.717) is 23.2 Å². The fourth-order valence-corrected chi connectivity index (χ4v) is 8.09. The van der Waals surface area contributed by atoms with Gasteiger partial charge in [-0.05, 0) is 101 Å². The number of aromatic nitrogens is 2. The van der Waals surface area contributed by atoms with E-state index in [4.69, 9.17) is 20.6 Å². The number of hydrogen-bond acceptors (Lipinski definition) is 5. The summed E-state index contributed by atoms with van der Waals surface area (Å²) in [6.07, 6.45) is 12.1. The zero-order valence-corrected chi connectivity index (χ0v) is 23.5. The van der Waals surface area contributed by atoms with Gasteiger partial charge in [-0.15, -0.1) is 5.73 Å². The van der Waals surface area contributed by atoms with Crippen LogP contribution in [-0.4, -0.2) is 28.3 Å². The smallest absolute Gasteiger partial charge is 0.306 e. The molecule has 1 aromatic carbocycles. The van der Waals surface area contributed by atoms with Crippen molar-refractivity contribution in [3.05, 3.63) is 69.9 Å². The maximum absolute atomic E-state index is 13.3. The topological polar surface area (TPSA) is 61.3 Å². The van der Waals surface area contributed by atoms with E-state index in [2.05, 4.69) is 46.0 Å². The van der Waals surface area contributed by atoms with E-state index in [1.54, 1.807) is 0 Å². The monoisotopic (exact) mass is 528 g/mol. The zero-order chi connectivity index (χ0) is 25.7. The molecule has 1 fully saturated rings. The molecule has 7 heteroatoms. The zero-order valence-electron chi connectivity index (χ0n) is 21.8. The molecule has 2 aliphatic rings. The quantitative estimate of drug-likeness (QED) is 0.176. The summed E-state index contributed by atoms with van der Waals surface area (Å²) in [4.78, 5) is 8.56. The average molecular weight is 529 g/mol. The van der Waals surface area contributed by atoms with Crippen molar-refractivity contribution in [2.24, 2.45) is 5.92 Å². The molecule has 36 heavy (non-hydrogen) atoms. The molecule has 0 amide bonds. The first-order valence-corrected chi connectivity index (χ1v) is 15.3. The SMILES string of the molecule is CC(C)OP(=O)(CC1CCC(c2ccc(CCC3C=C=Cc4c(Cl)ncnc43)cc2)CC1)OC(C)C. The van der Waals surface area contributed by atoms with Crippen molar-refractivity contribution < 1.29 is 13.6 Å². The van der Waals surface area contributed by atoms with Crippen molar-refractivity contribution in [2.45, 2.75) is 90.3 Å². The minimum Gasteiger partial charge on any atom is -0.306 e. The Kier molecular flexibility index (Phi) is 9.25. The third kappa shape index (κ3) is 7.18. The van der Waals surface area contributed by atoms with Crippen LogP contribution in [0.1, 0.15) is 94.0 Å². The Morgan fingerprint density at radius 3 is 2.33 bits per heavy atom. The maximum atomic E-state index is 13.3. The number of nitrogens with zero attached hydrogens (tertiary/aromatic N) is 2. The van der Waals surface area contributed by atoms with Crippen LogP contribution in [0, 0.1) is 5.92 Å². The largest absolute Gasteiger partial charge is 0.331 e. The second-order valence-corrected chi connectivity index (χ2v) is 13.0. The van der Waals surface area contributed by atoms with Crippen molar-refractivity contribution in [3.63, 3.8) is 0 Å². The molecule has 1 unspecified atom stereocenters. The van der Waals surface area contributed by atoms with Crippen LogP contribution >= 0.6 is 19.2 Å². The summed E-state index contributed by atoms with van der Waals surface area (Å²) in [6.45, 7) is 7.68. The molecule has 5 nitrogen and oxygen atoms in total. The number of rotatable bonds is 10. The predicted octanol–water partition coefficient (Wildman–Crippen LogP) is 8.35. The molecule has 2 aromatic rings. The van der Waals surface area contributed by atoms with Crippen LogP contribution in [0.15, 0.2) is 42.4 Å². The van der Waals surface area contributed by atoms with Crippen molar-refractivity contribution in [1.29, 1.82) is 0 Å². The normalized spacial score (nSPS) is 21.8. The highest BCUT2D eigenvalue weighted by Gasteiger charge is 2.33. The first-order chi connectivity index (χ1) is 17.2. The van der Waals surface area contributed by atoms with Crippen LogP contribution in [-0.2, 0) is 20.0 Å². The highest BCUT2D eigenvalue weighted by Crippen LogP contribution is 2.54. The number of benzene rings is 1. The van der Waals surface area contributed by atoms with Crippen LogP contribution in [0.5, 0.6) is 0 Å². The molecule has 0 aliphatic heterocycles. The van der Waals surface area contributed by atoms with E-state index >= 15 is 0 Å².